The summed E-state index contributed by atoms with van der Waals surface area (Å²) in [5.41, 5.74) is 0.801. The third-order valence-electron chi connectivity index (χ3n) is 1.74. The van der Waals surface area contributed by atoms with E-state index >= 15 is 0 Å². The van der Waals surface area contributed by atoms with Crippen LogP contribution in [0.2, 0.25) is 0 Å². The highest BCUT2D eigenvalue weighted by atomic mass is 32.1. The number of carbonyl (C=O) groups excluding carboxylic acids is 1. The van der Waals surface area contributed by atoms with Gasteiger partial charge in [-0.15, -0.1) is 0 Å². The molecular weight excluding hydrogens is 198 g/mol. The molecule has 0 aliphatic rings. The van der Waals surface area contributed by atoms with Crippen LogP contribution in [0.25, 0.3) is 0 Å². The molecule has 3 nitrogen and oxygen atoms in total. The minimum atomic E-state index is -1.16. The van der Waals surface area contributed by atoms with Gasteiger partial charge in [0.05, 0.1) is 12.0 Å². The molecule has 74 valence electrons. The second-order valence-electron chi connectivity index (χ2n) is 2.88. The van der Waals surface area contributed by atoms with Crippen LogP contribution in [0.5, 0.6) is 0 Å². The zero-order chi connectivity index (χ0) is 10.6. The summed E-state index contributed by atoms with van der Waals surface area (Å²) in [6.45, 7) is 1.49. The van der Waals surface area contributed by atoms with Crippen LogP contribution in [0.1, 0.15) is 12.5 Å². The van der Waals surface area contributed by atoms with Crippen molar-refractivity contribution in [1.82, 2.24) is 5.32 Å². The van der Waals surface area contributed by atoms with Crippen molar-refractivity contribution in [2.24, 2.45) is 0 Å². The molecule has 1 N–H and O–H groups in total. The van der Waals surface area contributed by atoms with E-state index in [0.29, 0.717) is 4.99 Å². The minimum absolute atomic E-state index is 0.419. The van der Waals surface area contributed by atoms with Crippen LogP contribution in [-0.4, -0.2) is 17.0 Å². The van der Waals surface area contributed by atoms with Gasteiger partial charge in [-0.25, -0.2) is 0 Å². The smallest absolute Gasteiger partial charge is 0.107 e. The first-order valence-corrected chi connectivity index (χ1v) is 4.59. The van der Waals surface area contributed by atoms with Crippen molar-refractivity contribution in [2.75, 3.05) is 0 Å². The average molecular weight is 208 g/mol. The summed E-state index contributed by atoms with van der Waals surface area (Å²) in [7, 11) is 0. The van der Waals surface area contributed by atoms with Gasteiger partial charge in [-0.2, -0.15) is 0 Å². The lowest BCUT2D eigenvalue weighted by Crippen LogP contribution is -2.45. The summed E-state index contributed by atoms with van der Waals surface area (Å²) in [5.74, 6) is -1.16. The van der Waals surface area contributed by atoms with E-state index in [0.717, 1.165) is 5.56 Å². The van der Waals surface area contributed by atoms with Gasteiger partial charge in [0, 0.05) is 5.56 Å². The number of aliphatic carboxylic acids is 1. The van der Waals surface area contributed by atoms with Crippen LogP contribution in [0, 0.1) is 0 Å². The second-order valence-corrected chi connectivity index (χ2v) is 3.29. The highest BCUT2D eigenvalue weighted by molar-refractivity contribution is 7.80. The van der Waals surface area contributed by atoms with Crippen molar-refractivity contribution < 1.29 is 9.90 Å². The lowest BCUT2D eigenvalue weighted by Gasteiger charge is -2.16. The van der Waals surface area contributed by atoms with Crippen LogP contribution in [-0.2, 0) is 4.79 Å². The number of rotatable bonds is 3. The quantitative estimate of drug-likeness (QED) is 0.715. The van der Waals surface area contributed by atoms with Crippen LogP contribution >= 0.6 is 12.2 Å². The molecule has 0 saturated heterocycles. The molecule has 0 radical (unpaired) electrons. The minimum Gasteiger partial charge on any atom is -0.548 e. The van der Waals surface area contributed by atoms with Gasteiger partial charge >= 0.3 is 0 Å². The molecule has 1 atom stereocenters. The first-order valence-electron chi connectivity index (χ1n) is 4.18. The lowest BCUT2D eigenvalue weighted by molar-refractivity contribution is -0.307. The van der Waals surface area contributed by atoms with E-state index in [1.54, 1.807) is 0 Å². The Morgan fingerprint density at radius 3 is 2.50 bits per heavy atom. The molecule has 0 heterocycles. The number of benzene rings is 1. The van der Waals surface area contributed by atoms with E-state index in [9.17, 15) is 9.90 Å². The largest absolute Gasteiger partial charge is 0.548 e. The van der Waals surface area contributed by atoms with E-state index in [1.165, 1.54) is 6.92 Å². The predicted octanol–water partition coefficient (Wildman–Crippen LogP) is 0.0901. The highest BCUT2D eigenvalue weighted by Gasteiger charge is 2.05. The Morgan fingerprint density at radius 1 is 1.43 bits per heavy atom. The Kier molecular flexibility index (Phi) is 3.59. The van der Waals surface area contributed by atoms with Crippen molar-refractivity contribution in [3.63, 3.8) is 0 Å². The third-order valence-corrected chi connectivity index (χ3v) is 2.09. The van der Waals surface area contributed by atoms with Crippen molar-refractivity contribution in [2.45, 2.75) is 13.0 Å². The molecule has 0 aliphatic carbocycles. The summed E-state index contributed by atoms with van der Waals surface area (Å²) >= 11 is 5.01. The number of carboxylic acids is 1. The Morgan fingerprint density at radius 2 is 2.00 bits per heavy atom. The Hall–Kier alpha value is -1.42. The maximum Gasteiger partial charge on any atom is 0.107 e. The fourth-order valence-electron chi connectivity index (χ4n) is 0.928. The fraction of sp³-hybridized carbons (Fsp3) is 0.200. The molecule has 4 heteroatoms. The lowest BCUT2D eigenvalue weighted by atomic mass is 10.2. The van der Waals surface area contributed by atoms with Gasteiger partial charge in [-0.3, -0.25) is 0 Å². The Balaban J connectivity index is 2.64. The standard InChI is InChI=1S/C10H11NO2S/c1-7(10(12)13)11-9(14)8-5-3-2-4-6-8/h2-7H,1H3,(H,11,14)(H,12,13)/p-1/t7-/m0/s1. The number of carbonyl (C=O) groups is 1. The molecule has 0 amide bonds. The van der Waals surface area contributed by atoms with Crippen LogP contribution in [0.15, 0.2) is 30.3 Å². The van der Waals surface area contributed by atoms with Gasteiger partial charge in [-0.1, -0.05) is 42.5 Å². The third kappa shape index (κ3) is 2.81. The van der Waals surface area contributed by atoms with Crippen molar-refractivity contribution in [3.8, 4) is 0 Å². The van der Waals surface area contributed by atoms with Crippen LogP contribution in [0.4, 0.5) is 0 Å². The van der Waals surface area contributed by atoms with E-state index in [4.69, 9.17) is 12.2 Å². The number of hydrogen-bond acceptors (Lipinski definition) is 3. The van der Waals surface area contributed by atoms with E-state index in [2.05, 4.69) is 5.32 Å². The molecule has 0 bridgehead atoms. The van der Waals surface area contributed by atoms with Gasteiger partial charge < -0.3 is 15.2 Å². The number of nitrogens with one attached hydrogen (secondary N) is 1. The molecule has 1 rings (SSSR count). The van der Waals surface area contributed by atoms with Crippen molar-refractivity contribution >= 4 is 23.2 Å². The molecule has 1 aromatic carbocycles. The van der Waals surface area contributed by atoms with E-state index in [1.807, 2.05) is 30.3 Å². The molecule has 0 aromatic heterocycles. The number of thiocarbonyl (C=S) groups is 1. The van der Waals surface area contributed by atoms with Gasteiger partial charge in [0.2, 0.25) is 0 Å². The SMILES string of the molecule is C[C@H](NC(=S)c1ccccc1)C(=O)[O-]. The van der Waals surface area contributed by atoms with Crippen molar-refractivity contribution in [3.05, 3.63) is 35.9 Å². The van der Waals surface area contributed by atoms with Gasteiger partial charge in [0.15, 0.2) is 0 Å². The summed E-state index contributed by atoms with van der Waals surface area (Å²) in [6, 6.07) is 8.41. The number of hydrogen-bond donors (Lipinski definition) is 1. The molecule has 0 aliphatic heterocycles. The normalized spacial score (nSPS) is 11.8. The summed E-state index contributed by atoms with van der Waals surface area (Å²) in [6.07, 6.45) is 0. The van der Waals surface area contributed by atoms with Crippen LogP contribution < -0.4 is 10.4 Å². The second kappa shape index (κ2) is 4.72. The molecule has 0 saturated carbocycles. The average Bonchev–Trinajstić information content (AvgIpc) is 2.19. The number of carboxylic acid groups (broad SMARTS) is 1. The van der Waals surface area contributed by atoms with Gasteiger partial charge in [0.1, 0.15) is 4.99 Å². The zero-order valence-corrected chi connectivity index (χ0v) is 8.51. The molecular formula is C10H10NO2S-. The highest BCUT2D eigenvalue weighted by Crippen LogP contribution is 1.99. The monoisotopic (exact) mass is 208 g/mol. The molecule has 14 heavy (non-hydrogen) atoms. The topological polar surface area (TPSA) is 52.2 Å². The predicted molar refractivity (Wildman–Crippen MR) is 55.7 cm³/mol. The molecule has 0 unspecified atom stereocenters. The summed E-state index contributed by atoms with van der Waals surface area (Å²) < 4.78 is 0. The molecule has 1 aromatic rings. The maximum atomic E-state index is 10.4. The zero-order valence-electron chi connectivity index (χ0n) is 7.69. The summed E-state index contributed by atoms with van der Waals surface area (Å²) in [5, 5.41) is 13.1. The molecule has 0 spiro atoms. The van der Waals surface area contributed by atoms with E-state index < -0.39 is 12.0 Å². The van der Waals surface area contributed by atoms with E-state index in [-0.39, 0.29) is 0 Å². The fourth-order valence-corrected chi connectivity index (χ4v) is 1.24. The Bertz CT molecular complexity index is 337. The molecule has 0 fully saturated rings. The van der Waals surface area contributed by atoms with Crippen molar-refractivity contribution in [1.29, 1.82) is 0 Å². The first-order chi connectivity index (χ1) is 6.61. The maximum absolute atomic E-state index is 10.4. The Labute approximate surface area is 87.8 Å². The van der Waals surface area contributed by atoms with Gasteiger partial charge in [0.25, 0.3) is 0 Å². The first kappa shape index (κ1) is 10.7. The van der Waals surface area contributed by atoms with Gasteiger partial charge in [-0.05, 0) is 6.92 Å². The van der Waals surface area contributed by atoms with Crippen LogP contribution in [0.3, 0.4) is 0 Å². The summed E-state index contributed by atoms with van der Waals surface area (Å²) in [4.78, 5) is 10.9.